The van der Waals surface area contributed by atoms with Gasteiger partial charge >= 0.3 is 12.2 Å². The van der Waals surface area contributed by atoms with E-state index in [-0.39, 0.29) is 77.1 Å². The van der Waals surface area contributed by atoms with E-state index in [4.69, 9.17) is 38.4 Å². The Morgan fingerprint density at radius 2 is 1.61 bits per heavy atom. The number of nitrogens with one attached hydrogen (secondary N) is 1. The maximum Gasteiger partial charge on any atom is 0.412 e. The van der Waals surface area contributed by atoms with Gasteiger partial charge in [-0.25, -0.2) is 9.59 Å². The molecule has 4 aliphatic rings. The molecule has 2 aliphatic carbocycles. The fourth-order valence-corrected chi connectivity index (χ4v) is 10.1. The quantitative estimate of drug-likeness (QED) is 0.0414. The zero-order valence-corrected chi connectivity index (χ0v) is 38.1. The van der Waals surface area contributed by atoms with Crippen molar-refractivity contribution in [2.45, 2.75) is 89.3 Å². The van der Waals surface area contributed by atoms with Crippen LogP contribution >= 0.6 is 0 Å². The van der Waals surface area contributed by atoms with Crippen LogP contribution < -0.4 is 24.3 Å². The van der Waals surface area contributed by atoms with Crippen LogP contribution in [0.3, 0.4) is 0 Å². The van der Waals surface area contributed by atoms with Gasteiger partial charge in [-0.05, 0) is 97.0 Å². The van der Waals surface area contributed by atoms with Crippen molar-refractivity contribution in [1.82, 2.24) is 10.2 Å². The van der Waals surface area contributed by atoms with Gasteiger partial charge in [-0.15, -0.1) is 6.58 Å². The lowest BCUT2D eigenvalue weighted by atomic mass is 9.55. The summed E-state index contributed by atoms with van der Waals surface area (Å²) in [6, 6.07) is 29.5. The monoisotopic (exact) mass is 915 g/mol. The van der Waals surface area contributed by atoms with Crippen LogP contribution in [0.2, 0.25) is 0 Å². The molecule has 6 atom stereocenters. The van der Waals surface area contributed by atoms with Crippen molar-refractivity contribution in [3.05, 3.63) is 144 Å². The summed E-state index contributed by atoms with van der Waals surface area (Å²) in [5, 5.41) is 27.8. The number of unbranched alkanes of at least 4 members (excludes halogenated alkanes) is 2. The highest BCUT2D eigenvalue weighted by Crippen LogP contribution is 2.62. The molecule has 1 saturated carbocycles. The number of carbonyl (C=O) groups excluding carboxylic acids is 2. The Labute approximate surface area is 392 Å². The van der Waals surface area contributed by atoms with Crippen molar-refractivity contribution >= 4 is 17.9 Å². The Hall–Kier alpha value is -6.35. The summed E-state index contributed by atoms with van der Waals surface area (Å²) < 4.78 is 37.7. The second kappa shape index (κ2) is 22.4. The van der Waals surface area contributed by atoms with E-state index >= 15 is 0 Å². The number of aliphatic hydroxyl groups is 2. The van der Waals surface area contributed by atoms with Gasteiger partial charge in [-0.2, -0.15) is 0 Å². The lowest BCUT2D eigenvalue weighted by Gasteiger charge is -2.59. The minimum Gasteiger partial charge on any atom is -0.459 e. The van der Waals surface area contributed by atoms with Crippen LogP contribution in [-0.4, -0.2) is 78.1 Å². The molecule has 14 heteroatoms. The normalized spacial score (nSPS) is 22.6. The summed E-state index contributed by atoms with van der Waals surface area (Å²) in [6.07, 6.45) is 7.21. The molecular formula is C53H61N3O11. The fourth-order valence-electron chi connectivity index (χ4n) is 10.1. The highest BCUT2D eigenvalue weighted by molar-refractivity contribution is 6.03. The number of ether oxygens (including phenoxy) is 6. The van der Waals surface area contributed by atoms with Gasteiger partial charge in [-0.1, -0.05) is 96.9 Å². The molecule has 0 bridgehead atoms. The summed E-state index contributed by atoms with van der Waals surface area (Å²) in [5.41, 5.74) is 4.96. The standard InChI is InChI=1S/C53H61N3O11/c1-3-27-64-53-48(56(52(60)61-4-2)33-38-21-23-46-47(28-38)63-35-62-46)31-44(55-65-34-37-17-9-6-10-18-37)42-29-39(19-11-13-25-57)41(20-12-14-26-58)49(50(42)53)43-30-40(22-24-45(43)67-53)66-51(59)54-32-36-15-7-5-8-16-36/h3,5-10,15-18,21-24,28-30,39,41,48-50,57-58H,1,4,11-14,19-20,25-27,31-35H2,2H3,(H,54,59)/t39-,41+,48-,49+,50+,53+/m0/s1. The molecule has 0 aromatic heterocycles. The summed E-state index contributed by atoms with van der Waals surface area (Å²) >= 11 is 0. The van der Waals surface area contributed by atoms with Crippen LogP contribution in [0.5, 0.6) is 23.0 Å². The Morgan fingerprint density at radius 3 is 2.36 bits per heavy atom. The maximum absolute atomic E-state index is 14.6. The van der Waals surface area contributed by atoms with Gasteiger partial charge in [0.25, 0.3) is 0 Å². The minimum atomic E-state index is -1.54. The molecule has 3 N–H and O–H groups in total. The van der Waals surface area contributed by atoms with Crippen LogP contribution in [0, 0.1) is 17.8 Å². The van der Waals surface area contributed by atoms with Crippen molar-refractivity contribution in [1.29, 1.82) is 0 Å². The first-order chi connectivity index (χ1) is 32.8. The Kier molecular flexibility index (Phi) is 15.8. The van der Waals surface area contributed by atoms with Gasteiger partial charge in [0.05, 0.1) is 24.8 Å². The second-order valence-corrected chi connectivity index (χ2v) is 17.3. The van der Waals surface area contributed by atoms with Crippen molar-refractivity contribution in [3.8, 4) is 23.0 Å². The summed E-state index contributed by atoms with van der Waals surface area (Å²) in [4.78, 5) is 35.9. The van der Waals surface area contributed by atoms with Crippen LogP contribution in [0.15, 0.2) is 127 Å². The number of benzene rings is 4. The first kappa shape index (κ1) is 47.2. The lowest BCUT2D eigenvalue weighted by molar-refractivity contribution is -0.256. The molecule has 0 unspecified atom stereocenters. The zero-order chi connectivity index (χ0) is 46.6. The lowest BCUT2D eigenvalue weighted by Crippen LogP contribution is -2.70. The van der Waals surface area contributed by atoms with E-state index in [2.05, 4.69) is 18.0 Å². The average Bonchev–Trinajstić information content (AvgIpc) is 3.82. The third kappa shape index (κ3) is 10.8. The number of oxime groups is 1. The van der Waals surface area contributed by atoms with Crippen LogP contribution in [0.1, 0.15) is 80.0 Å². The van der Waals surface area contributed by atoms with E-state index in [0.717, 1.165) is 53.5 Å². The van der Waals surface area contributed by atoms with E-state index < -0.39 is 29.9 Å². The molecule has 354 valence electrons. The van der Waals surface area contributed by atoms with Gasteiger partial charge in [0.2, 0.25) is 12.6 Å². The maximum atomic E-state index is 14.6. The van der Waals surface area contributed by atoms with Gasteiger partial charge in [-0.3, -0.25) is 4.90 Å². The number of carbonyl (C=O) groups is 2. The first-order valence-corrected chi connectivity index (χ1v) is 23.4. The van der Waals surface area contributed by atoms with Crippen molar-refractivity contribution < 1.29 is 53.1 Å². The number of nitrogens with zero attached hydrogens (tertiary/aromatic N) is 2. The zero-order valence-electron chi connectivity index (χ0n) is 38.1. The molecule has 2 aliphatic heterocycles. The third-order valence-electron chi connectivity index (χ3n) is 13.1. The van der Waals surface area contributed by atoms with Crippen molar-refractivity contribution in [2.75, 3.05) is 33.2 Å². The van der Waals surface area contributed by atoms with E-state index in [1.54, 1.807) is 24.0 Å². The predicted octanol–water partition coefficient (Wildman–Crippen LogP) is 9.20. The van der Waals surface area contributed by atoms with E-state index in [1.165, 1.54) is 0 Å². The molecule has 14 nitrogen and oxygen atoms in total. The van der Waals surface area contributed by atoms with Gasteiger partial charge in [0, 0.05) is 44.2 Å². The van der Waals surface area contributed by atoms with Crippen LogP contribution in [-0.2, 0) is 34.0 Å². The van der Waals surface area contributed by atoms with Crippen LogP contribution in [0.25, 0.3) is 0 Å². The number of hydrogen-bond donors (Lipinski definition) is 3. The Balaban J connectivity index is 1.29. The SMILES string of the molecule is C=CCO[C@@]12Oc3ccc(OC(=O)NCc4ccccc4)cc3[C@H]3[C@H](CCCCO)[C@@H](CCCCO)C=C(C(=NOCc4ccccc4)C[C@@H]1N(Cc1ccc4c(c1)OCO4)C(=O)OCC)[C@H]32. The molecule has 4 aromatic rings. The fraction of sp³-hybridized carbons (Fsp3) is 0.415. The van der Waals surface area contributed by atoms with Gasteiger partial charge < -0.3 is 48.8 Å². The number of aliphatic hydroxyl groups excluding tert-OH is 2. The molecule has 8 rings (SSSR count). The van der Waals surface area contributed by atoms with Crippen molar-refractivity contribution in [2.24, 2.45) is 22.9 Å². The van der Waals surface area contributed by atoms with E-state index in [0.29, 0.717) is 41.6 Å². The third-order valence-corrected chi connectivity index (χ3v) is 13.1. The summed E-state index contributed by atoms with van der Waals surface area (Å²) in [5.74, 6) is -0.505. The van der Waals surface area contributed by atoms with E-state index in [9.17, 15) is 19.8 Å². The number of allylic oxidation sites excluding steroid dienone is 1. The van der Waals surface area contributed by atoms with Crippen LogP contribution in [0.4, 0.5) is 9.59 Å². The molecular weight excluding hydrogens is 855 g/mol. The number of rotatable bonds is 21. The number of amides is 2. The van der Waals surface area contributed by atoms with Gasteiger partial charge in [0.15, 0.2) is 11.5 Å². The molecule has 0 spiro atoms. The second-order valence-electron chi connectivity index (χ2n) is 17.3. The average molecular weight is 916 g/mol. The smallest absolute Gasteiger partial charge is 0.412 e. The summed E-state index contributed by atoms with van der Waals surface area (Å²) in [6.45, 7) is 6.83. The topological polar surface area (TPSA) is 167 Å². The number of fused-ring (bicyclic) bond motifs is 3. The van der Waals surface area contributed by atoms with E-state index in [1.807, 2.05) is 91.0 Å². The summed E-state index contributed by atoms with van der Waals surface area (Å²) in [7, 11) is 0. The molecule has 4 aromatic carbocycles. The molecule has 2 heterocycles. The predicted molar refractivity (Wildman–Crippen MR) is 251 cm³/mol. The molecule has 2 amide bonds. The molecule has 1 fully saturated rings. The Morgan fingerprint density at radius 1 is 0.881 bits per heavy atom. The minimum absolute atomic E-state index is 0.00559. The highest BCUT2D eigenvalue weighted by Gasteiger charge is 2.65. The molecule has 0 saturated heterocycles. The van der Waals surface area contributed by atoms with Gasteiger partial charge in [0.1, 0.15) is 24.1 Å². The highest BCUT2D eigenvalue weighted by atomic mass is 16.7. The molecule has 0 radical (unpaired) electrons. The number of hydrogen-bond acceptors (Lipinski definition) is 12. The van der Waals surface area contributed by atoms with Crippen molar-refractivity contribution in [3.63, 3.8) is 0 Å². The largest absolute Gasteiger partial charge is 0.459 e. The Bertz CT molecular complexity index is 2380. The molecule has 67 heavy (non-hydrogen) atoms. The first-order valence-electron chi connectivity index (χ1n) is 23.4.